The van der Waals surface area contributed by atoms with Gasteiger partial charge in [0.25, 0.3) is 11.5 Å². The van der Waals surface area contributed by atoms with Crippen LogP contribution in [0.4, 0.5) is 0 Å². The van der Waals surface area contributed by atoms with Gasteiger partial charge in [0.15, 0.2) is 0 Å². The number of hydrogen-bond acceptors (Lipinski definition) is 5. The van der Waals surface area contributed by atoms with Gasteiger partial charge in [-0.1, -0.05) is 12.1 Å². The second-order valence-corrected chi connectivity index (χ2v) is 4.20. The molecule has 2 aromatic rings. The molecule has 0 radical (unpaired) electrons. The summed E-state index contributed by atoms with van der Waals surface area (Å²) in [6, 6.07) is 6.27. The molecule has 0 saturated heterocycles. The van der Waals surface area contributed by atoms with Crippen LogP contribution >= 0.6 is 0 Å². The van der Waals surface area contributed by atoms with Crippen LogP contribution in [0.2, 0.25) is 0 Å². The van der Waals surface area contributed by atoms with E-state index in [0.717, 1.165) is 15.4 Å². The standard InChI is InChI=1S/C13H14N4O4/c1-21-7-6-16-11(18)8-15-17(13(16)20)10-5-3-2-4-9(10)12(14)19/h2-5,8H,6-7H2,1H3,(H2,14,19). The molecule has 1 heterocycles. The van der Waals surface area contributed by atoms with Gasteiger partial charge in [0.1, 0.15) is 6.20 Å². The first kappa shape index (κ1) is 14.7. The van der Waals surface area contributed by atoms with Crippen molar-refractivity contribution >= 4 is 5.91 Å². The minimum absolute atomic E-state index is 0.0927. The summed E-state index contributed by atoms with van der Waals surface area (Å²) in [6.07, 6.45) is 1.01. The van der Waals surface area contributed by atoms with Crippen LogP contribution in [0.1, 0.15) is 10.4 Å². The third-order valence-corrected chi connectivity index (χ3v) is 2.88. The lowest BCUT2D eigenvalue weighted by Gasteiger charge is -2.10. The van der Waals surface area contributed by atoms with Crippen LogP contribution in [0.15, 0.2) is 40.1 Å². The predicted octanol–water partition coefficient (Wildman–Crippen LogP) is -0.860. The number of benzene rings is 1. The zero-order valence-electron chi connectivity index (χ0n) is 11.4. The van der Waals surface area contributed by atoms with Gasteiger partial charge in [-0.3, -0.25) is 14.2 Å². The maximum absolute atomic E-state index is 12.3. The number of nitrogens with zero attached hydrogens (tertiary/aromatic N) is 3. The maximum Gasteiger partial charge on any atom is 0.352 e. The van der Waals surface area contributed by atoms with Crippen LogP contribution in [-0.2, 0) is 11.3 Å². The van der Waals surface area contributed by atoms with Gasteiger partial charge < -0.3 is 10.5 Å². The van der Waals surface area contributed by atoms with Gasteiger partial charge in [0, 0.05) is 7.11 Å². The average Bonchev–Trinajstić information content (AvgIpc) is 2.47. The highest BCUT2D eigenvalue weighted by molar-refractivity contribution is 5.96. The van der Waals surface area contributed by atoms with Crippen molar-refractivity contribution in [3.05, 3.63) is 56.9 Å². The Balaban J connectivity index is 2.64. The normalized spacial score (nSPS) is 10.5. The molecule has 2 N–H and O–H groups in total. The minimum Gasteiger partial charge on any atom is -0.383 e. The van der Waals surface area contributed by atoms with Crippen LogP contribution in [-0.4, -0.2) is 34.0 Å². The summed E-state index contributed by atoms with van der Waals surface area (Å²) in [4.78, 5) is 35.4. The molecule has 110 valence electrons. The second kappa shape index (κ2) is 6.14. The van der Waals surface area contributed by atoms with Gasteiger partial charge in [-0.15, -0.1) is 0 Å². The number of carbonyl (C=O) groups excluding carboxylic acids is 1. The van der Waals surface area contributed by atoms with E-state index in [9.17, 15) is 14.4 Å². The molecule has 0 saturated carbocycles. The summed E-state index contributed by atoms with van der Waals surface area (Å²) in [7, 11) is 1.47. The van der Waals surface area contributed by atoms with Gasteiger partial charge in [-0.2, -0.15) is 9.78 Å². The second-order valence-electron chi connectivity index (χ2n) is 4.20. The molecule has 0 unspecified atom stereocenters. The molecule has 1 aromatic carbocycles. The van der Waals surface area contributed by atoms with Gasteiger partial charge in [0.2, 0.25) is 0 Å². The maximum atomic E-state index is 12.3. The molecule has 21 heavy (non-hydrogen) atoms. The third-order valence-electron chi connectivity index (χ3n) is 2.88. The van der Waals surface area contributed by atoms with Crippen molar-refractivity contribution in [2.24, 2.45) is 5.73 Å². The van der Waals surface area contributed by atoms with Crippen molar-refractivity contribution in [2.45, 2.75) is 6.54 Å². The summed E-state index contributed by atoms with van der Waals surface area (Å²) in [5.41, 5.74) is 4.45. The predicted molar refractivity (Wildman–Crippen MR) is 74.5 cm³/mol. The first-order chi connectivity index (χ1) is 10.1. The van der Waals surface area contributed by atoms with Crippen LogP contribution in [0, 0.1) is 0 Å². The molecule has 0 fully saturated rings. The van der Waals surface area contributed by atoms with E-state index < -0.39 is 17.2 Å². The highest BCUT2D eigenvalue weighted by atomic mass is 16.5. The number of amides is 1. The summed E-state index contributed by atoms with van der Waals surface area (Å²) in [6.45, 7) is 0.298. The van der Waals surface area contributed by atoms with Crippen molar-refractivity contribution in [1.82, 2.24) is 14.3 Å². The molecule has 0 atom stereocenters. The molecular formula is C13H14N4O4. The topological polar surface area (TPSA) is 109 Å². The number of para-hydroxylation sites is 1. The first-order valence-corrected chi connectivity index (χ1v) is 6.13. The van der Waals surface area contributed by atoms with E-state index in [2.05, 4.69) is 5.10 Å². The summed E-state index contributed by atoms with van der Waals surface area (Å²) in [5.74, 6) is -0.686. The molecule has 8 heteroatoms. The highest BCUT2D eigenvalue weighted by Crippen LogP contribution is 2.10. The Morgan fingerprint density at radius 1 is 1.33 bits per heavy atom. The van der Waals surface area contributed by atoms with Crippen molar-refractivity contribution in [3.63, 3.8) is 0 Å². The molecule has 0 spiro atoms. The lowest BCUT2D eigenvalue weighted by Crippen LogP contribution is -2.41. The minimum atomic E-state index is -0.686. The van der Waals surface area contributed by atoms with E-state index in [1.54, 1.807) is 12.1 Å². The summed E-state index contributed by atoms with van der Waals surface area (Å²) >= 11 is 0. The number of aromatic nitrogens is 3. The average molecular weight is 290 g/mol. The van der Waals surface area contributed by atoms with E-state index >= 15 is 0 Å². The monoisotopic (exact) mass is 290 g/mol. The largest absolute Gasteiger partial charge is 0.383 e. The van der Waals surface area contributed by atoms with Crippen LogP contribution in [0.5, 0.6) is 0 Å². The van der Waals surface area contributed by atoms with E-state index in [4.69, 9.17) is 10.5 Å². The number of nitrogens with two attached hydrogens (primary N) is 1. The van der Waals surface area contributed by atoms with Crippen LogP contribution in [0.3, 0.4) is 0 Å². The quantitative estimate of drug-likeness (QED) is 0.770. The number of carbonyl (C=O) groups is 1. The Morgan fingerprint density at radius 2 is 2.05 bits per heavy atom. The fourth-order valence-corrected chi connectivity index (χ4v) is 1.86. The number of methoxy groups -OCH3 is 1. The Hall–Kier alpha value is -2.74. The Morgan fingerprint density at radius 3 is 2.71 bits per heavy atom. The fraction of sp³-hybridized carbons (Fsp3) is 0.231. The summed E-state index contributed by atoms with van der Waals surface area (Å²) < 4.78 is 6.81. The molecule has 0 aliphatic rings. The van der Waals surface area contributed by atoms with Gasteiger partial charge in [0.05, 0.1) is 24.4 Å². The Bertz CT molecular complexity index is 778. The van der Waals surface area contributed by atoms with E-state index in [1.165, 1.54) is 19.2 Å². The Kier molecular flexibility index (Phi) is 4.29. The number of rotatable bonds is 5. The zero-order chi connectivity index (χ0) is 15.4. The number of hydrogen-bond donors (Lipinski definition) is 1. The molecule has 8 nitrogen and oxygen atoms in total. The van der Waals surface area contributed by atoms with Crippen LogP contribution < -0.4 is 17.0 Å². The molecule has 1 amide bonds. The van der Waals surface area contributed by atoms with E-state index in [1.807, 2.05) is 0 Å². The fourth-order valence-electron chi connectivity index (χ4n) is 1.86. The van der Waals surface area contributed by atoms with Crippen LogP contribution in [0.25, 0.3) is 5.69 Å². The lowest BCUT2D eigenvalue weighted by atomic mass is 10.1. The van der Waals surface area contributed by atoms with Gasteiger partial charge in [-0.25, -0.2) is 4.79 Å². The van der Waals surface area contributed by atoms with Crippen molar-refractivity contribution in [3.8, 4) is 5.69 Å². The molecule has 0 aliphatic heterocycles. The lowest BCUT2D eigenvalue weighted by molar-refractivity contribution is 0.1000. The Labute approximate surface area is 119 Å². The SMILES string of the molecule is COCCn1c(=O)cnn(-c2ccccc2C(N)=O)c1=O. The van der Waals surface area contributed by atoms with E-state index in [0.29, 0.717) is 0 Å². The van der Waals surface area contributed by atoms with Gasteiger partial charge >= 0.3 is 5.69 Å². The molecular weight excluding hydrogens is 276 g/mol. The molecule has 0 aliphatic carbocycles. The first-order valence-electron chi connectivity index (χ1n) is 6.13. The molecule has 0 bridgehead atoms. The highest BCUT2D eigenvalue weighted by Gasteiger charge is 2.13. The zero-order valence-corrected chi connectivity index (χ0v) is 11.4. The van der Waals surface area contributed by atoms with Crippen molar-refractivity contribution < 1.29 is 9.53 Å². The molecule has 1 aromatic heterocycles. The van der Waals surface area contributed by atoms with Gasteiger partial charge in [-0.05, 0) is 12.1 Å². The molecule has 2 rings (SSSR count). The van der Waals surface area contributed by atoms with E-state index in [-0.39, 0.29) is 24.4 Å². The number of ether oxygens (including phenoxy) is 1. The number of primary amides is 1. The smallest absolute Gasteiger partial charge is 0.352 e. The van der Waals surface area contributed by atoms with Crippen molar-refractivity contribution in [1.29, 1.82) is 0 Å². The summed E-state index contributed by atoms with van der Waals surface area (Å²) in [5, 5.41) is 3.78. The van der Waals surface area contributed by atoms with Crippen molar-refractivity contribution in [2.75, 3.05) is 13.7 Å². The third kappa shape index (κ3) is 2.90.